The molecule has 3 aromatic heterocycles. The van der Waals surface area contributed by atoms with E-state index in [0.29, 0.717) is 5.92 Å². The van der Waals surface area contributed by atoms with Crippen molar-refractivity contribution in [3.8, 4) is 22.5 Å². The molecule has 0 fully saturated rings. The van der Waals surface area contributed by atoms with Crippen LogP contribution in [0.3, 0.4) is 0 Å². The second kappa shape index (κ2) is 17.7. The number of rotatable bonds is 11. The fraction of sp³-hybridized carbons (Fsp3) is 0.435. The summed E-state index contributed by atoms with van der Waals surface area (Å²) >= 11 is 1.86. The minimum Gasteiger partial charge on any atom is -0.512 e. The maximum absolute atomic E-state index is 12.2. The number of thiophene rings is 1. The van der Waals surface area contributed by atoms with Gasteiger partial charge in [0.15, 0.2) is 5.78 Å². The molecule has 0 saturated heterocycles. The molecule has 0 aliphatic carbocycles. The number of pyridine rings is 2. The van der Waals surface area contributed by atoms with Crippen LogP contribution in [0, 0.1) is 29.9 Å². The van der Waals surface area contributed by atoms with Crippen LogP contribution < -0.4 is 4.57 Å². The number of nitrogens with zero attached hydrogens (tertiary/aromatic N) is 2. The zero-order chi connectivity index (χ0) is 37.7. The molecular formula is C46H59IrN2O2S-. The van der Waals surface area contributed by atoms with E-state index >= 15 is 0 Å². The third-order valence-electron chi connectivity index (χ3n) is 10.9. The molecule has 0 amide bonds. The number of hydrogen-bond donors (Lipinski definition) is 1. The monoisotopic (exact) mass is 896 g/mol. The molecular weight excluding hydrogens is 837 g/mol. The van der Waals surface area contributed by atoms with Crippen LogP contribution >= 0.6 is 11.3 Å². The molecule has 3 heterocycles. The first kappa shape index (κ1) is 43.1. The van der Waals surface area contributed by atoms with E-state index in [4.69, 9.17) is 4.98 Å². The first-order valence-corrected chi connectivity index (χ1v) is 19.5. The number of hydrogen-bond acceptors (Lipinski definition) is 4. The SMILES string of the molecule is CCC(C)(CC)C(=O)/C=C(\O)C(C)(CC)CC.[CH2-][n+]1ccc(-c2cc3cc(CC(C)C)sc3cn2)cc1-c1[c-]c2ccccc2c(C(C)(C)C)c1.[Ir]. The molecule has 0 unspecified atom stereocenters. The number of fused-ring (bicyclic) bond motifs is 2. The molecule has 0 saturated carbocycles. The molecule has 2 aromatic carbocycles. The molecule has 6 heteroatoms. The molecule has 0 spiro atoms. The summed E-state index contributed by atoms with van der Waals surface area (Å²) in [6.07, 6.45) is 9.90. The van der Waals surface area contributed by atoms with Gasteiger partial charge in [0.1, 0.15) is 11.5 Å². The van der Waals surface area contributed by atoms with E-state index in [1.165, 1.54) is 32.0 Å². The van der Waals surface area contributed by atoms with E-state index in [9.17, 15) is 9.90 Å². The maximum atomic E-state index is 12.2. The molecule has 281 valence electrons. The van der Waals surface area contributed by atoms with Gasteiger partial charge in [0.25, 0.3) is 0 Å². The Morgan fingerprint density at radius 2 is 1.58 bits per heavy atom. The van der Waals surface area contributed by atoms with E-state index < -0.39 is 0 Å². The molecule has 1 radical (unpaired) electrons. The van der Waals surface area contributed by atoms with Gasteiger partial charge in [0, 0.05) is 55.1 Å². The van der Waals surface area contributed by atoms with Gasteiger partial charge in [-0.15, -0.1) is 40.5 Å². The number of aliphatic hydroxyl groups is 1. The molecule has 0 atom stereocenters. The summed E-state index contributed by atoms with van der Waals surface area (Å²) in [4.78, 5) is 18.4. The van der Waals surface area contributed by atoms with Crippen molar-refractivity contribution >= 4 is 38.0 Å². The molecule has 52 heavy (non-hydrogen) atoms. The van der Waals surface area contributed by atoms with E-state index in [0.717, 1.165) is 60.0 Å². The summed E-state index contributed by atoms with van der Waals surface area (Å²) in [6, 6.07) is 23.3. The summed E-state index contributed by atoms with van der Waals surface area (Å²) < 4.78 is 3.18. The third-order valence-corrected chi connectivity index (χ3v) is 12.0. The van der Waals surface area contributed by atoms with Gasteiger partial charge in [0.2, 0.25) is 0 Å². The largest absolute Gasteiger partial charge is 0.512 e. The van der Waals surface area contributed by atoms with Gasteiger partial charge < -0.3 is 9.67 Å². The Morgan fingerprint density at radius 3 is 2.17 bits per heavy atom. The van der Waals surface area contributed by atoms with Gasteiger partial charge in [-0.25, -0.2) is 0 Å². The van der Waals surface area contributed by atoms with E-state index in [1.54, 1.807) is 0 Å². The van der Waals surface area contributed by atoms with Crippen LogP contribution in [0.25, 0.3) is 43.4 Å². The van der Waals surface area contributed by atoms with Crippen molar-refractivity contribution in [2.24, 2.45) is 16.7 Å². The van der Waals surface area contributed by atoms with E-state index in [1.807, 2.05) is 69.8 Å². The normalized spacial score (nSPS) is 12.5. The number of aliphatic hydroxyl groups excluding tert-OH is 1. The zero-order valence-electron chi connectivity index (χ0n) is 33.2. The number of aromatic nitrogens is 2. The standard InChI is InChI=1S/C31H31N2S.C15H28O2.Ir/c1-20(2)13-25-15-24-17-28(32-19-30(24)34-25)22-11-12-33(6)29(18-22)23-14-21-9-7-8-10-26(21)27(16-23)31(3,4)5;1-7-14(5,8-2)12(16)11-13(17)15(6,9-3)10-4;/h7-12,15-20H,6,13H2,1-5H3;11,16H,7-10H2,1-6H3;/q-1;;/b;12-11-;. The number of carbonyl (C=O) groups excluding carboxylic acids is 1. The number of ketones is 1. The van der Waals surface area contributed by atoms with E-state index in [-0.39, 0.29) is 47.9 Å². The molecule has 0 aliphatic rings. The van der Waals surface area contributed by atoms with Crippen molar-refractivity contribution in [1.82, 2.24) is 4.98 Å². The van der Waals surface area contributed by atoms with Crippen LogP contribution in [0.1, 0.15) is 112 Å². The van der Waals surface area contributed by atoms with Crippen LogP contribution in [0.4, 0.5) is 0 Å². The number of allylic oxidation sites excluding steroid dienone is 2. The summed E-state index contributed by atoms with van der Waals surface area (Å²) in [5.41, 5.74) is 4.89. The van der Waals surface area contributed by atoms with Crippen molar-refractivity contribution in [3.05, 3.63) is 102 Å². The Balaban J connectivity index is 0.000000347. The molecule has 0 bridgehead atoms. The minimum atomic E-state index is -0.337. The van der Waals surface area contributed by atoms with Crippen molar-refractivity contribution in [1.29, 1.82) is 0 Å². The van der Waals surface area contributed by atoms with Gasteiger partial charge in [-0.05, 0) is 78.7 Å². The van der Waals surface area contributed by atoms with Gasteiger partial charge >= 0.3 is 0 Å². The summed E-state index contributed by atoms with van der Waals surface area (Å²) in [6.45, 7) is 23.4. The third kappa shape index (κ3) is 9.81. The fourth-order valence-electron chi connectivity index (χ4n) is 6.25. The molecule has 5 aromatic rings. The summed E-state index contributed by atoms with van der Waals surface area (Å²) in [5.74, 6) is 0.939. The van der Waals surface area contributed by atoms with Crippen LogP contribution in [0.5, 0.6) is 0 Å². The van der Waals surface area contributed by atoms with Crippen LogP contribution in [-0.2, 0) is 36.7 Å². The Labute approximate surface area is 331 Å². The topological polar surface area (TPSA) is 54.1 Å². The van der Waals surface area contributed by atoms with Gasteiger partial charge in [-0.3, -0.25) is 9.78 Å². The summed E-state index contributed by atoms with van der Waals surface area (Å²) in [5, 5.41) is 13.8. The molecule has 4 nitrogen and oxygen atoms in total. The van der Waals surface area contributed by atoms with Gasteiger partial charge in [-0.1, -0.05) is 105 Å². The molecule has 1 N–H and O–H groups in total. The second-order valence-electron chi connectivity index (χ2n) is 16.0. The Morgan fingerprint density at radius 1 is 0.942 bits per heavy atom. The average Bonchev–Trinajstić information content (AvgIpc) is 3.51. The summed E-state index contributed by atoms with van der Waals surface area (Å²) in [7, 11) is 4.26. The predicted molar refractivity (Wildman–Crippen MR) is 218 cm³/mol. The zero-order valence-corrected chi connectivity index (χ0v) is 36.5. The number of benzene rings is 2. The maximum Gasteiger partial charge on any atom is 0.164 e. The number of carbonyl (C=O) groups is 1. The minimum absolute atomic E-state index is 0. The molecule has 5 rings (SSSR count). The van der Waals surface area contributed by atoms with Crippen molar-refractivity contribution in [2.45, 2.75) is 114 Å². The quantitative estimate of drug-likeness (QED) is 0.0622. The van der Waals surface area contributed by atoms with Crippen LogP contribution in [0.2, 0.25) is 0 Å². The van der Waals surface area contributed by atoms with Gasteiger partial charge in [-0.2, -0.15) is 0 Å². The Kier molecular flexibility index (Phi) is 14.6. The second-order valence-corrected chi connectivity index (χ2v) is 17.2. The first-order valence-electron chi connectivity index (χ1n) is 18.6. The van der Waals surface area contributed by atoms with Gasteiger partial charge in [0.05, 0.1) is 16.6 Å². The first-order chi connectivity index (χ1) is 24.0. The average molecular weight is 896 g/mol. The Hall–Kier alpha value is -3.31. The predicted octanol–water partition coefficient (Wildman–Crippen LogP) is 12.7. The van der Waals surface area contributed by atoms with Crippen molar-refractivity contribution in [2.75, 3.05) is 0 Å². The van der Waals surface area contributed by atoms with Crippen molar-refractivity contribution < 1.29 is 34.6 Å². The smallest absolute Gasteiger partial charge is 0.164 e. The molecule has 0 aliphatic heterocycles. The van der Waals surface area contributed by atoms with E-state index in [2.05, 4.69) is 102 Å². The van der Waals surface area contributed by atoms with Crippen LogP contribution in [0.15, 0.2) is 78.8 Å². The Bertz CT molecular complexity index is 2010. The fourth-order valence-corrected chi connectivity index (χ4v) is 7.48. The van der Waals surface area contributed by atoms with Crippen molar-refractivity contribution in [3.63, 3.8) is 0 Å². The van der Waals surface area contributed by atoms with Crippen LogP contribution in [-0.4, -0.2) is 15.9 Å².